The normalized spacial score (nSPS) is 11.9. The summed E-state index contributed by atoms with van der Waals surface area (Å²) < 4.78 is 32.9. The lowest BCUT2D eigenvalue weighted by Crippen LogP contribution is -2.22. The molecule has 1 aromatic heterocycles. The third kappa shape index (κ3) is 4.78. The van der Waals surface area contributed by atoms with Crippen LogP contribution in [0.2, 0.25) is 10.0 Å². The van der Waals surface area contributed by atoms with Crippen molar-refractivity contribution in [1.82, 2.24) is 13.9 Å². The number of carbonyl (C=O) groups excluding carboxylic acids is 1. The summed E-state index contributed by atoms with van der Waals surface area (Å²) >= 11 is 11.9. The predicted octanol–water partition coefficient (Wildman–Crippen LogP) is 3.81. The summed E-state index contributed by atoms with van der Waals surface area (Å²) in [6, 6.07) is 9.78. The molecule has 0 radical (unpaired) electrons. The number of rotatable bonds is 7. The minimum Gasteiger partial charge on any atom is -0.461 e. The monoisotopic (exact) mass is 469 g/mol. The Morgan fingerprint density at radius 3 is 2.57 bits per heavy atom. The second-order valence-electron chi connectivity index (χ2n) is 6.92. The van der Waals surface area contributed by atoms with Crippen molar-refractivity contribution < 1.29 is 17.9 Å². The summed E-state index contributed by atoms with van der Waals surface area (Å²) in [5.41, 5.74) is 2.01. The number of benzene rings is 2. The van der Waals surface area contributed by atoms with E-state index in [0.717, 1.165) is 9.82 Å². The lowest BCUT2D eigenvalue weighted by Gasteiger charge is -2.10. The first-order chi connectivity index (χ1) is 14.1. The summed E-state index contributed by atoms with van der Waals surface area (Å²) in [5.74, 6) is 0.273. The van der Waals surface area contributed by atoms with Gasteiger partial charge < -0.3 is 9.30 Å². The van der Waals surface area contributed by atoms with Crippen molar-refractivity contribution in [2.24, 2.45) is 7.05 Å². The van der Waals surface area contributed by atoms with Gasteiger partial charge in [-0.05, 0) is 30.3 Å². The lowest BCUT2D eigenvalue weighted by atomic mass is 10.2. The molecule has 0 amide bonds. The Morgan fingerprint density at radius 2 is 1.90 bits per heavy atom. The molecule has 0 fully saturated rings. The van der Waals surface area contributed by atoms with E-state index in [4.69, 9.17) is 27.9 Å². The third-order valence-electron chi connectivity index (χ3n) is 4.68. The van der Waals surface area contributed by atoms with Gasteiger partial charge >= 0.3 is 5.97 Å². The molecule has 0 aliphatic heterocycles. The van der Waals surface area contributed by atoms with Crippen molar-refractivity contribution in [2.75, 3.05) is 14.1 Å². The Labute approximate surface area is 185 Å². The second kappa shape index (κ2) is 8.93. The molecule has 0 aliphatic rings. The van der Waals surface area contributed by atoms with Crippen molar-refractivity contribution in [1.29, 1.82) is 0 Å². The van der Waals surface area contributed by atoms with Crippen LogP contribution in [0.3, 0.4) is 0 Å². The molecule has 0 atom stereocenters. The quantitative estimate of drug-likeness (QED) is 0.491. The van der Waals surface area contributed by atoms with E-state index in [9.17, 15) is 13.2 Å². The smallest absolute Gasteiger partial charge is 0.306 e. The first-order valence-electron chi connectivity index (χ1n) is 9.07. The van der Waals surface area contributed by atoms with Gasteiger partial charge in [0.05, 0.1) is 22.3 Å². The van der Waals surface area contributed by atoms with Crippen molar-refractivity contribution in [3.63, 3.8) is 0 Å². The van der Waals surface area contributed by atoms with Gasteiger partial charge in [-0.3, -0.25) is 4.79 Å². The number of hydrogen-bond donors (Lipinski definition) is 0. The topological polar surface area (TPSA) is 81.5 Å². The van der Waals surface area contributed by atoms with Crippen LogP contribution >= 0.6 is 23.2 Å². The molecule has 30 heavy (non-hydrogen) atoms. The summed E-state index contributed by atoms with van der Waals surface area (Å²) in [6.07, 6.45) is 0.485. The van der Waals surface area contributed by atoms with Gasteiger partial charge in [0.25, 0.3) is 0 Å². The summed E-state index contributed by atoms with van der Waals surface area (Å²) in [4.78, 5) is 16.8. The van der Waals surface area contributed by atoms with E-state index in [0.29, 0.717) is 33.4 Å². The number of carbonyl (C=O) groups is 1. The molecule has 0 bridgehead atoms. The van der Waals surface area contributed by atoms with Crippen molar-refractivity contribution in [3.8, 4) is 0 Å². The Hall–Kier alpha value is -2.13. The number of nitrogens with zero attached hydrogens (tertiary/aromatic N) is 3. The molecule has 3 rings (SSSR count). The van der Waals surface area contributed by atoms with Crippen LogP contribution < -0.4 is 0 Å². The fourth-order valence-corrected chi connectivity index (χ4v) is 4.29. The number of esters is 1. The van der Waals surface area contributed by atoms with E-state index in [2.05, 4.69) is 4.98 Å². The predicted molar refractivity (Wildman–Crippen MR) is 116 cm³/mol. The number of aromatic nitrogens is 2. The van der Waals surface area contributed by atoms with Crippen LogP contribution in [0.25, 0.3) is 11.0 Å². The van der Waals surface area contributed by atoms with Gasteiger partial charge in [0.2, 0.25) is 10.0 Å². The average molecular weight is 470 g/mol. The lowest BCUT2D eigenvalue weighted by molar-refractivity contribution is -0.144. The number of hydrogen-bond acceptors (Lipinski definition) is 5. The molecule has 7 nitrogen and oxygen atoms in total. The van der Waals surface area contributed by atoms with Gasteiger partial charge in [0.1, 0.15) is 12.4 Å². The van der Waals surface area contributed by atoms with Gasteiger partial charge in [-0.1, -0.05) is 29.3 Å². The fraction of sp³-hybridized carbons (Fsp3) is 0.300. The van der Waals surface area contributed by atoms with Crippen LogP contribution in [0.1, 0.15) is 17.8 Å². The largest absolute Gasteiger partial charge is 0.461 e. The minimum atomic E-state index is -3.55. The number of fused-ring (bicyclic) bond motifs is 1. The summed E-state index contributed by atoms with van der Waals surface area (Å²) in [6.45, 7) is 0.0587. The van der Waals surface area contributed by atoms with Crippen LogP contribution in [-0.4, -0.2) is 42.3 Å². The zero-order chi connectivity index (χ0) is 22.1. The highest BCUT2D eigenvalue weighted by Gasteiger charge is 2.19. The minimum absolute atomic E-state index is 0.0587. The molecule has 0 unspecified atom stereocenters. The van der Waals surface area contributed by atoms with Crippen molar-refractivity contribution in [3.05, 3.63) is 57.8 Å². The SMILES string of the molecule is CN(C)S(=O)(=O)c1ccc2c(c1)nc(CCC(=O)OCc1ccc(Cl)cc1Cl)n2C. The van der Waals surface area contributed by atoms with Crippen LogP contribution in [-0.2, 0) is 39.6 Å². The first kappa shape index (κ1) is 22.6. The number of halogens is 2. The molecule has 0 saturated heterocycles. The molecule has 10 heteroatoms. The molecule has 2 aromatic carbocycles. The van der Waals surface area contributed by atoms with Crippen molar-refractivity contribution in [2.45, 2.75) is 24.3 Å². The zero-order valence-corrected chi connectivity index (χ0v) is 19.1. The highest BCUT2D eigenvalue weighted by atomic mass is 35.5. The van der Waals surface area contributed by atoms with E-state index < -0.39 is 10.0 Å². The molecule has 0 N–H and O–H groups in total. The highest BCUT2D eigenvalue weighted by Crippen LogP contribution is 2.23. The Morgan fingerprint density at radius 1 is 1.17 bits per heavy atom. The maximum absolute atomic E-state index is 12.3. The van der Waals surface area contributed by atoms with E-state index >= 15 is 0 Å². The fourth-order valence-electron chi connectivity index (χ4n) is 2.91. The van der Waals surface area contributed by atoms with E-state index in [1.165, 1.54) is 20.2 Å². The molecule has 3 aromatic rings. The molecular weight excluding hydrogens is 449 g/mol. The van der Waals surface area contributed by atoms with E-state index in [-0.39, 0.29) is 23.9 Å². The number of aryl methyl sites for hydroxylation is 2. The van der Waals surface area contributed by atoms with E-state index in [1.54, 1.807) is 30.3 Å². The van der Waals surface area contributed by atoms with E-state index in [1.807, 2.05) is 11.6 Å². The summed E-state index contributed by atoms with van der Waals surface area (Å²) in [5, 5.41) is 0.951. The Balaban J connectivity index is 1.68. The maximum Gasteiger partial charge on any atom is 0.306 e. The molecule has 0 saturated carbocycles. The van der Waals surface area contributed by atoms with Gasteiger partial charge in [-0.15, -0.1) is 0 Å². The Kier molecular flexibility index (Phi) is 6.71. The molecule has 1 heterocycles. The van der Waals surface area contributed by atoms with Gasteiger partial charge in [0.15, 0.2) is 0 Å². The summed E-state index contributed by atoms with van der Waals surface area (Å²) in [7, 11) is 1.23. The Bertz CT molecular complexity index is 1210. The highest BCUT2D eigenvalue weighted by molar-refractivity contribution is 7.89. The number of ether oxygens (including phenoxy) is 1. The molecule has 0 spiro atoms. The van der Waals surface area contributed by atoms with Gasteiger partial charge in [-0.25, -0.2) is 17.7 Å². The maximum atomic E-state index is 12.3. The van der Waals surface area contributed by atoms with Gasteiger partial charge in [-0.2, -0.15) is 0 Å². The van der Waals surface area contributed by atoms with Crippen LogP contribution in [0.5, 0.6) is 0 Å². The molecule has 160 valence electrons. The number of sulfonamides is 1. The number of imidazole rings is 1. The standard InChI is InChI=1S/C20H21Cl2N3O4S/c1-24(2)30(27,28)15-6-7-18-17(11-15)23-19(25(18)3)8-9-20(26)29-12-13-4-5-14(21)10-16(13)22/h4-7,10-11H,8-9,12H2,1-3H3. The second-order valence-corrected chi connectivity index (χ2v) is 9.92. The average Bonchev–Trinajstić information content (AvgIpc) is 3.00. The molecule has 0 aliphatic carbocycles. The van der Waals surface area contributed by atoms with Crippen molar-refractivity contribution >= 4 is 50.2 Å². The van der Waals surface area contributed by atoms with Crippen LogP contribution in [0.15, 0.2) is 41.3 Å². The van der Waals surface area contributed by atoms with Crippen LogP contribution in [0.4, 0.5) is 0 Å². The van der Waals surface area contributed by atoms with Gasteiger partial charge in [0, 0.05) is 43.2 Å². The first-order valence-corrected chi connectivity index (χ1v) is 11.3. The van der Waals surface area contributed by atoms with Crippen LogP contribution in [0, 0.1) is 0 Å². The molecular formula is C20H21Cl2N3O4S. The zero-order valence-electron chi connectivity index (χ0n) is 16.7. The third-order valence-corrected chi connectivity index (χ3v) is 7.08.